The van der Waals surface area contributed by atoms with Crippen LogP contribution in [-0.2, 0) is 0 Å². The van der Waals surface area contributed by atoms with Crippen molar-refractivity contribution < 1.29 is 19.2 Å². The molecule has 0 aliphatic rings. The molecule has 0 saturated heterocycles. The zero-order valence-electron chi connectivity index (χ0n) is 10.5. The Kier molecular flexibility index (Phi) is 3.70. The fourth-order valence-electron chi connectivity index (χ4n) is 1.68. The van der Waals surface area contributed by atoms with E-state index in [1.165, 1.54) is 18.2 Å². The van der Waals surface area contributed by atoms with Crippen LogP contribution in [0, 0.1) is 15.9 Å². The summed E-state index contributed by atoms with van der Waals surface area (Å²) in [4.78, 5) is 22.0. The third-order valence-corrected chi connectivity index (χ3v) is 2.66. The van der Waals surface area contributed by atoms with Crippen molar-refractivity contribution in [1.82, 2.24) is 0 Å². The third kappa shape index (κ3) is 3.06. The molecule has 0 bridgehead atoms. The summed E-state index contributed by atoms with van der Waals surface area (Å²) in [6.07, 6.45) is 0. The van der Waals surface area contributed by atoms with Gasteiger partial charge in [0.15, 0.2) is 0 Å². The normalized spacial score (nSPS) is 10.1. The summed E-state index contributed by atoms with van der Waals surface area (Å²) in [5.74, 6) is -2.02. The van der Waals surface area contributed by atoms with Gasteiger partial charge >= 0.3 is 0 Å². The molecule has 0 aromatic heterocycles. The van der Waals surface area contributed by atoms with Gasteiger partial charge in [0.1, 0.15) is 17.3 Å². The number of amides is 1. The fraction of sp³-hybridized carbons (Fsp3) is 0. The minimum absolute atomic E-state index is 0.152. The summed E-state index contributed by atoms with van der Waals surface area (Å²) in [6.45, 7) is 0. The first kappa shape index (κ1) is 14.3. The number of hydrogen-bond acceptors (Lipinski definition) is 5. The Bertz CT molecular complexity index is 733. The van der Waals surface area contributed by atoms with Crippen molar-refractivity contribution in [1.29, 1.82) is 0 Å². The van der Waals surface area contributed by atoms with Gasteiger partial charge in [-0.3, -0.25) is 14.9 Å². The van der Waals surface area contributed by atoms with E-state index in [1.54, 1.807) is 0 Å². The zero-order valence-corrected chi connectivity index (χ0v) is 10.5. The lowest BCUT2D eigenvalue weighted by Gasteiger charge is -2.07. The molecule has 0 spiro atoms. The molecular formula is C13H10FN3O4. The Morgan fingerprint density at radius 3 is 2.62 bits per heavy atom. The second-order valence-electron chi connectivity index (χ2n) is 4.15. The molecule has 0 radical (unpaired) electrons. The largest absolute Gasteiger partial charge is 0.508 e. The average molecular weight is 291 g/mol. The van der Waals surface area contributed by atoms with Crippen molar-refractivity contribution in [3.63, 3.8) is 0 Å². The quantitative estimate of drug-likeness (QED) is 0.347. The van der Waals surface area contributed by atoms with Crippen LogP contribution in [-0.4, -0.2) is 15.9 Å². The molecule has 4 N–H and O–H groups in total. The number of nitro benzene ring substituents is 1. The fourth-order valence-corrected chi connectivity index (χ4v) is 1.68. The van der Waals surface area contributed by atoms with Crippen LogP contribution >= 0.6 is 0 Å². The number of benzene rings is 2. The van der Waals surface area contributed by atoms with Crippen LogP contribution in [0.15, 0.2) is 36.4 Å². The summed E-state index contributed by atoms with van der Waals surface area (Å²) < 4.78 is 13.6. The highest BCUT2D eigenvalue weighted by molar-refractivity contribution is 6.05. The maximum Gasteiger partial charge on any atom is 0.296 e. The van der Waals surface area contributed by atoms with E-state index < -0.39 is 22.3 Å². The molecule has 0 atom stereocenters. The Morgan fingerprint density at radius 2 is 2.00 bits per heavy atom. The predicted molar refractivity (Wildman–Crippen MR) is 73.5 cm³/mol. The first-order chi connectivity index (χ1) is 9.88. The number of phenols is 1. The average Bonchev–Trinajstić information content (AvgIpc) is 2.40. The molecule has 2 aromatic rings. The lowest BCUT2D eigenvalue weighted by atomic mass is 10.1. The van der Waals surface area contributed by atoms with E-state index in [9.17, 15) is 24.4 Å². The molecule has 21 heavy (non-hydrogen) atoms. The second kappa shape index (κ2) is 5.45. The molecule has 0 saturated carbocycles. The minimum atomic E-state index is -0.860. The predicted octanol–water partition coefficient (Wildman–Crippen LogP) is 2.27. The van der Waals surface area contributed by atoms with E-state index in [1.807, 2.05) is 0 Å². The number of nitrogens with one attached hydrogen (secondary N) is 1. The topological polar surface area (TPSA) is 118 Å². The number of carbonyl (C=O) groups is 1. The SMILES string of the molecule is Nc1ccc(C(=O)Nc2ccc(O)cc2[N+](=O)[O-])c(F)c1. The maximum atomic E-state index is 13.6. The van der Waals surface area contributed by atoms with Crippen LogP contribution in [0.5, 0.6) is 5.75 Å². The standard InChI is InChI=1S/C13H10FN3O4/c14-10-5-7(15)1-3-9(10)13(19)16-11-4-2-8(18)6-12(11)17(20)21/h1-6,18H,15H2,(H,16,19). The number of nitrogen functional groups attached to an aromatic ring is 1. The molecule has 2 aromatic carbocycles. The number of aromatic hydroxyl groups is 1. The summed E-state index contributed by atoms with van der Waals surface area (Å²) in [7, 11) is 0. The van der Waals surface area contributed by atoms with E-state index in [-0.39, 0.29) is 22.7 Å². The molecule has 0 aliphatic heterocycles. The van der Waals surface area contributed by atoms with Gasteiger partial charge in [-0.1, -0.05) is 0 Å². The summed E-state index contributed by atoms with van der Waals surface area (Å²) in [6, 6.07) is 6.69. The Hall–Kier alpha value is -3.16. The lowest BCUT2D eigenvalue weighted by molar-refractivity contribution is -0.384. The number of rotatable bonds is 3. The van der Waals surface area contributed by atoms with E-state index in [0.29, 0.717) is 0 Å². The molecule has 1 amide bonds. The van der Waals surface area contributed by atoms with Crippen molar-refractivity contribution in [3.8, 4) is 5.75 Å². The van der Waals surface area contributed by atoms with Crippen molar-refractivity contribution in [3.05, 3.63) is 57.9 Å². The number of hydrogen-bond donors (Lipinski definition) is 3. The van der Waals surface area contributed by atoms with Crippen LogP contribution in [0.25, 0.3) is 0 Å². The number of nitro groups is 1. The number of halogens is 1. The first-order valence-corrected chi connectivity index (χ1v) is 5.72. The highest BCUT2D eigenvalue weighted by atomic mass is 19.1. The van der Waals surface area contributed by atoms with Crippen LogP contribution in [0.4, 0.5) is 21.5 Å². The Morgan fingerprint density at radius 1 is 1.29 bits per heavy atom. The molecule has 0 fully saturated rings. The molecule has 108 valence electrons. The smallest absolute Gasteiger partial charge is 0.296 e. The maximum absolute atomic E-state index is 13.6. The second-order valence-corrected chi connectivity index (χ2v) is 4.15. The van der Waals surface area contributed by atoms with Gasteiger partial charge in [-0.05, 0) is 30.3 Å². The molecule has 0 unspecified atom stereocenters. The van der Waals surface area contributed by atoms with Crippen LogP contribution < -0.4 is 11.1 Å². The number of nitrogens with zero attached hydrogens (tertiary/aromatic N) is 1. The molecule has 2 rings (SSSR count). The number of anilines is 2. The van der Waals surface area contributed by atoms with Crippen molar-refractivity contribution in [2.24, 2.45) is 0 Å². The summed E-state index contributed by atoms with van der Waals surface area (Å²) in [5.41, 5.74) is 4.57. The third-order valence-electron chi connectivity index (χ3n) is 2.66. The lowest BCUT2D eigenvalue weighted by Crippen LogP contribution is -2.15. The molecule has 0 aliphatic carbocycles. The highest BCUT2D eigenvalue weighted by Crippen LogP contribution is 2.29. The van der Waals surface area contributed by atoms with Gasteiger partial charge in [-0.2, -0.15) is 0 Å². The molecule has 0 heterocycles. The Labute approximate surface area is 118 Å². The van der Waals surface area contributed by atoms with Gasteiger partial charge in [0.05, 0.1) is 16.6 Å². The van der Waals surface area contributed by atoms with Crippen molar-refractivity contribution in [2.75, 3.05) is 11.1 Å². The van der Waals surface area contributed by atoms with Gasteiger partial charge in [-0.15, -0.1) is 0 Å². The minimum Gasteiger partial charge on any atom is -0.508 e. The van der Waals surface area contributed by atoms with Gasteiger partial charge < -0.3 is 16.2 Å². The number of nitrogens with two attached hydrogens (primary N) is 1. The van der Waals surface area contributed by atoms with Crippen LogP contribution in [0.3, 0.4) is 0 Å². The van der Waals surface area contributed by atoms with Crippen LogP contribution in [0.2, 0.25) is 0 Å². The van der Waals surface area contributed by atoms with E-state index in [0.717, 1.165) is 18.2 Å². The summed E-state index contributed by atoms with van der Waals surface area (Å²) >= 11 is 0. The zero-order chi connectivity index (χ0) is 15.6. The molecule has 8 heteroatoms. The van der Waals surface area contributed by atoms with Gasteiger partial charge in [0.25, 0.3) is 11.6 Å². The van der Waals surface area contributed by atoms with Crippen molar-refractivity contribution >= 4 is 23.0 Å². The van der Waals surface area contributed by atoms with Crippen molar-refractivity contribution in [2.45, 2.75) is 0 Å². The molecular weight excluding hydrogens is 281 g/mol. The molecule has 7 nitrogen and oxygen atoms in total. The van der Waals surface area contributed by atoms with E-state index in [4.69, 9.17) is 5.73 Å². The first-order valence-electron chi connectivity index (χ1n) is 5.72. The summed E-state index contributed by atoms with van der Waals surface area (Å²) in [5, 5.41) is 22.3. The van der Waals surface area contributed by atoms with Gasteiger partial charge in [-0.25, -0.2) is 4.39 Å². The highest BCUT2D eigenvalue weighted by Gasteiger charge is 2.19. The number of phenolic OH excluding ortho intramolecular Hbond substituents is 1. The Balaban J connectivity index is 2.34. The monoisotopic (exact) mass is 291 g/mol. The van der Waals surface area contributed by atoms with E-state index in [2.05, 4.69) is 5.32 Å². The van der Waals surface area contributed by atoms with Gasteiger partial charge in [0.2, 0.25) is 0 Å². The van der Waals surface area contributed by atoms with E-state index >= 15 is 0 Å². The number of carbonyl (C=O) groups excluding carboxylic acids is 1. The van der Waals surface area contributed by atoms with Gasteiger partial charge in [0, 0.05) is 5.69 Å². The van der Waals surface area contributed by atoms with Crippen LogP contribution in [0.1, 0.15) is 10.4 Å².